The molecule has 0 saturated carbocycles. The summed E-state index contributed by atoms with van der Waals surface area (Å²) in [6, 6.07) is 12.1. The number of anilines is 2. The van der Waals surface area contributed by atoms with Crippen LogP contribution in [-0.2, 0) is 6.54 Å². The molecule has 0 atom stereocenters. The maximum Gasteiger partial charge on any atom is 0.329 e. The van der Waals surface area contributed by atoms with Crippen molar-refractivity contribution < 1.29 is 4.92 Å². The number of nitrogen functional groups attached to an aromatic ring is 1. The minimum Gasteiger partial charge on any atom is -0.378 e. The second-order valence-corrected chi connectivity index (χ2v) is 8.28. The lowest BCUT2D eigenvalue weighted by molar-refractivity contribution is -0.384. The summed E-state index contributed by atoms with van der Waals surface area (Å²) in [5.41, 5.74) is 6.48. The molecule has 1 fully saturated rings. The van der Waals surface area contributed by atoms with E-state index in [1.807, 2.05) is 29.2 Å². The topological polar surface area (TPSA) is 101 Å². The summed E-state index contributed by atoms with van der Waals surface area (Å²) in [5, 5.41) is 11.6. The number of benzene rings is 1. The van der Waals surface area contributed by atoms with E-state index in [1.165, 1.54) is 16.0 Å². The number of nitrogens with two attached hydrogens (primary N) is 1. The van der Waals surface area contributed by atoms with Crippen molar-refractivity contribution >= 4 is 40.4 Å². The van der Waals surface area contributed by atoms with Crippen LogP contribution in [0.4, 0.5) is 17.5 Å². The predicted molar refractivity (Wildman–Crippen MR) is 115 cm³/mol. The molecule has 1 saturated heterocycles. The van der Waals surface area contributed by atoms with Crippen molar-refractivity contribution in [3.8, 4) is 10.4 Å². The van der Waals surface area contributed by atoms with E-state index < -0.39 is 4.92 Å². The Hall–Kier alpha value is -2.75. The van der Waals surface area contributed by atoms with E-state index in [0.29, 0.717) is 5.95 Å². The quantitative estimate of drug-likeness (QED) is 0.486. The molecule has 0 aliphatic carbocycles. The molecule has 3 heterocycles. The van der Waals surface area contributed by atoms with Gasteiger partial charge in [-0.2, -0.15) is 4.98 Å². The SMILES string of the molecule is Nc1nc(N2CCN(Cc3ccc(-c4ccccc4Cl)s3)CC2)ncc1[N+](=O)[O-]. The molecular weight excluding hydrogens is 412 g/mol. The molecule has 1 aliphatic heterocycles. The molecule has 8 nitrogen and oxygen atoms in total. The van der Waals surface area contributed by atoms with Crippen LogP contribution in [0.25, 0.3) is 10.4 Å². The fourth-order valence-corrected chi connectivity index (χ4v) is 4.65. The van der Waals surface area contributed by atoms with Gasteiger partial charge in [0, 0.05) is 53.1 Å². The smallest absolute Gasteiger partial charge is 0.329 e. The molecule has 3 aromatic rings. The van der Waals surface area contributed by atoms with E-state index in [4.69, 9.17) is 17.3 Å². The van der Waals surface area contributed by atoms with Crippen LogP contribution in [0.5, 0.6) is 0 Å². The summed E-state index contributed by atoms with van der Waals surface area (Å²) >= 11 is 8.06. The molecule has 2 N–H and O–H groups in total. The van der Waals surface area contributed by atoms with Crippen LogP contribution in [0.1, 0.15) is 4.88 Å². The number of nitrogens with zero attached hydrogens (tertiary/aromatic N) is 5. The number of halogens is 1. The Labute approximate surface area is 176 Å². The largest absolute Gasteiger partial charge is 0.378 e. The molecule has 0 unspecified atom stereocenters. The molecule has 1 aromatic carbocycles. The van der Waals surface area contributed by atoms with Gasteiger partial charge in [0.25, 0.3) is 0 Å². The van der Waals surface area contributed by atoms with Gasteiger partial charge in [0.05, 0.1) is 4.92 Å². The Morgan fingerprint density at radius 1 is 1.17 bits per heavy atom. The number of hydrogen-bond donors (Lipinski definition) is 1. The Balaban J connectivity index is 1.37. The maximum atomic E-state index is 10.9. The zero-order valence-electron chi connectivity index (χ0n) is 15.5. The summed E-state index contributed by atoms with van der Waals surface area (Å²) in [5.74, 6) is 0.331. The molecular formula is C19H19ClN6O2S. The molecule has 0 radical (unpaired) electrons. The highest BCUT2D eigenvalue weighted by atomic mass is 35.5. The van der Waals surface area contributed by atoms with Crippen molar-refractivity contribution in [3.05, 3.63) is 62.6 Å². The van der Waals surface area contributed by atoms with Crippen molar-refractivity contribution in [1.29, 1.82) is 0 Å². The first-order valence-electron chi connectivity index (χ1n) is 9.09. The fourth-order valence-electron chi connectivity index (χ4n) is 3.27. The first kappa shape index (κ1) is 19.6. The van der Waals surface area contributed by atoms with E-state index >= 15 is 0 Å². The molecule has 150 valence electrons. The van der Waals surface area contributed by atoms with Crippen molar-refractivity contribution in [2.24, 2.45) is 0 Å². The van der Waals surface area contributed by atoms with Gasteiger partial charge < -0.3 is 10.6 Å². The molecule has 4 rings (SSSR count). The summed E-state index contributed by atoms with van der Waals surface area (Å²) < 4.78 is 0. The van der Waals surface area contributed by atoms with Crippen LogP contribution in [0.3, 0.4) is 0 Å². The van der Waals surface area contributed by atoms with Crippen LogP contribution in [0, 0.1) is 10.1 Å². The Morgan fingerprint density at radius 3 is 2.62 bits per heavy atom. The summed E-state index contributed by atoms with van der Waals surface area (Å²) in [6.07, 6.45) is 1.17. The monoisotopic (exact) mass is 430 g/mol. The van der Waals surface area contributed by atoms with E-state index in [2.05, 4.69) is 27.0 Å². The van der Waals surface area contributed by atoms with Gasteiger partial charge >= 0.3 is 5.69 Å². The molecule has 1 aliphatic rings. The van der Waals surface area contributed by atoms with Gasteiger partial charge in [0.15, 0.2) is 0 Å². The highest BCUT2D eigenvalue weighted by molar-refractivity contribution is 7.15. The molecule has 10 heteroatoms. The number of thiophene rings is 1. The first-order valence-corrected chi connectivity index (χ1v) is 10.3. The van der Waals surface area contributed by atoms with Gasteiger partial charge in [0.1, 0.15) is 6.20 Å². The third kappa shape index (κ3) is 4.31. The Morgan fingerprint density at radius 2 is 1.93 bits per heavy atom. The van der Waals surface area contributed by atoms with Gasteiger partial charge in [0.2, 0.25) is 11.8 Å². The maximum absolute atomic E-state index is 10.9. The third-order valence-corrected chi connectivity index (χ3v) is 6.25. The van der Waals surface area contributed by atoms with Crippen molar-refractivity contribution in [2.75, 3.05) is 36.8 Å². The summed E-state index contributed by atoms with van der Waals surface area (Å²) in [7, 11) is 0. The van der Waals surface area contributed by atoms with Gasteiger partial charge in [-0.25, -0.2) is 4.98 Å². The number of aromatic nitrogens is 2. The number of rotatable bonds is 5. The number of hydrogen-bond acceptors (Lipinski definition) is 8. The van der Waals surface area contributed by atoms with Gasteiger partial charge in [-0.05, 0) is 18.2 Å². The Kier molecular flexibility index (Phi) is 5.61. The summed E-state index contributed by atoms with van der Waals surface area (Å²) in [6.45, 7) is 4.03. The normalized spacial score (nSPS) is 14.9. The van der Waals surface area contributed by atoms with E-state index in [9.17, 15) is 10.1 Å². The third-order valence-electron chi connectivity index (χ3n) is 4.82. The van der Waals surface area contributed by atoms with E-state index in [-0.39, 0.29) is 11.5 Å². The number of piperazine rings is 1. The molecule has 0 bridgehead atoms. The van der Waals surface area contributed by atoms with E-state index in [0.717, 1.165) is 43.3 Å². The number of nitro groups is 1. The lowest BCUT2D eigenvalue weighted by Gasteiger charge is -2.34. The zero-order chi connectivity index (χ0) is 20.4. The average molecular weight is 431 g/mol. The van der Waals surface area contributed by atoms with Gasteiger partial charge in [-0.3, -0.25) is 15.0 Å². The Bertz CT molecular complexity index is 1040. The molecule has 2 aromatic heterocycles. The highest BCUT2D eigenvalue weighted by Crippen LogP contribution is 2.33. The second kappa shape index (κ2) is 8.32. The second-order valence-electron chi connectivity index (χ2n) is 6.71. The predicted octanol–water partition coefficient (Wildman–Crippen LogP) is 3.67. The van der Waals surface area contributed by atoms with Crippen LogP contribution in [-0.4, -0.2) is 46.0 Å². The standard InChI is InChI=1S/C19H19ClN6O2S/c20-15-4-2-1-3-14(15)17-6-5-13(29-17)12-24-7-9-25(10-8-24)19-22-11-16(26(27)28)18(21)23-19/h1-6,11H,7-10,12H2,(H2,21,22,23). The van der Waals surface area contributed by atoms with Crippen molar-refractivity contribution in [3.63, 3.8) is 0 Å². The van der Waals surface area contributed by atoms with Crippen molar-refractivity contribution in [2.45, 2.75) is 6.54 Å². The lowest BCUT2D eigenvalue weighted by Crippen LogP contribution is -2.46. The minimum absolute atomic E-state index is 0.104. The van der Waals surface area contributed by atoms with Crippen LogP contribution >= 0.6 is 22.9 Å². The van der Waals surface area contributed by atoms with E-state index in [1.54, 1.807) is 11.3 Å². The lowest BCUT2D eigenvalue weighted by atomic mass is 10.2. The zero-order valence-corrected chi connectivity index (χ0v) is 17.1. The molecule has 0 amide bonds. The van der Waals surface area contributed by atoms with Gasteiger partial charge in [-0.15, -0.1) is 11.3 Å². The average Bonchev–Trinajstić information content (AvgIpc) is 3.17. The minimum atomic E-state index is -0.574. The first-order chi connectivity index (χ1) is 14.0. The summed E-state index contributed by atoms with van der Waals surface area (Å²) in [4.78, 5) is 25.3. The highest BCUT2D eigenvalue weighted by Gasteiger charge is 2.22. The molecule has 0 spiro atoms. The van der Waals surface area contributed by atoms with Crippen LogP contribution in [0.2, 0.25) is 5.02 Å². The van der Waals surface area contributed by atoms with Crippen LogP contribution in [0.15, 0.2) is 42.6 Å². The van der Waals surface area contributed by atoms with Crippen LogP contribution < -0.4 is 10.6 Å². The fraction of sp³-hybridized carbons (Fsp3) is 0.263. The van der Waals surface area contributed by atoms with Crippen molar-refractivity contribution in [1.82, 2.24) is 14.9 Å². The van der Waals surface area contributed by atoms with Gasteiger partial charge in [-0.1, -0.05) is 29.8 Å². The molecule has 29 heavy (non-hydrogen) atoms.